The minimum Gasteiger partial charge on any atom is -0.0848 e. The first-order valence-corrected chi connectivity index (χ1v) is 10.0. The van der Waals surface area contributed by atoms with E-state index in [-0.39, 0.29) is 0 Å². The second kappa shape index (κ2) is 3.98. The van der Waals surface area contributed by atoms with Crippen molar-refractivity contribution in [1.29, 1.82) is 0 Å². The van der Waals surface area contributed by atoms with Gasteiger partial charge in [0.1, 0.15) is 0 Å². The second-order valence-corrected chi connectivity index (χ2v) is 9.57. The van der Waals surface area contributed by atoms with Gasteiger partial charge in [-0.3, -0.25) is 0 Å². The maximum absolute atomic E-state index is 2.63. The lowest BCUT2D eigenvalue weighted by Gasteiger charge is -2.47. The molecular formula is C21H30. The largest absolute Gasteiger partial charge is 0.0848 e. The van der Waals surface area contributed by atoms with Gasteiger partial charge in [0.15, 0.2) is 0 Å². The molecule has 0 N–H and O–H groups in total. The first kappa shape index (κ1) is 12.2. The Labute approximate surface area is 129 Å². The molecule has 6 aliphatic rings. The molecule has 0 aliphatic heterocycles. The molecule has 5 saturated carbocycles. The lowest BCUT2D eigenvalue weighted by atomic mass is 9.58. The van der Waals surface area contributed by atoms with Crippen LogP contribution in [0.15, 0.2) is 12.2 Å². The standard InChI is InChI=1S/C21H30/c1-2-11-4-3-5-14-16-10-17(19(11)14)18-9-15-12-6-7-13(8-12)20(15)21(16)18/h6-7,11-21H,2-5,8-10H2,1H3. The van der Waals surface area contributed by atoms with Crippen molar-refractivity contribution in [3.8, 4) is 0 Å². The maximum atomic E-state index is 2.63. The Morgan fingerprint density at radius 2 is 1.48 bits per heavy atom. The van der Waals surface area contributed by atoms with Crippen LogP contribution in [-0.4, -0.2) is 0 Å². The van der Waals surface area contributed by atoms with Crippen LogP contribution in [-0.2, 0) is 0 Å². The number of fused-ring (bicyclic) bond motifs is 14. The molecule has 0 aromatic heterocycles. The Bertz CT molecular complexity index is 490. The van der Waals surface area contributed by atoms with Gasteiger partial charge in [0.25, 0.3) is 0 Å². The third kappa shape index (κ3) is 1.31. The van der Waals surface area contributed by atoms with Gasteiger partial charge in [0.2, 0.25) is 0 Å². The normalized spacial score (nSPS) is 65.7. The molecule has 6 aliphatic carbocycles. The molecule has 0 aromatic carbocycles. The predicted octanol–water partition coefficient (Wildman–Crippen LogP) is 5.15. The van der Waals surface area contributed by atoms with Crippen molar-refractivity contribution < 1.29 is 0 Å². The van der Waals surface area contributed by atoms with Crippen LogP contribution in [0.2, 0.25) is 0 Å². The summed E-state index contributed by atoms with van der Waals surface area (Å²) in [6.45, 7) is 2.48. The van der Waals surface area contributed by atoms with Crippen LogP contribution in [0.1, 0.15) is 51.9 Å². The van der Waals surface area contributed by atoms with E-state index < -0.39 is 0 Å². The molecule has 11 unspecified atom stereocenters. The summed E-state index contributed by atoms with van der Waals surface area (Å²) in [6, 6.07) is 0. The van der Waals surface area contributed by atoms with E-state index in [0.29, 0.717) is 0 Å². The fourth-order valence-corrected chi connectivity index (χ4v) is 9.23. The summed E-state index contributed by atoms with van der Waals surface area (Å²) in [5.41, 5.74) is 0. The summed E-state index contributed by atoms with van der Waals surface area (Å²) >= 11 is 0. The molecule has 4 bridgehead atoms. The SMILES string of the molecule is CCC1CCCC2C3CC(C4CC5C6C=CC(C6)C5C34)C12. The molecule has 0 amide bonds. The van der Waals surface area contributed by atoms with Gasteiger partial charge >= 0.3 is 0 Å². The van der Waals surface area contributed by atoms with E-state index in [0.717, 1.165) is 35.5 Å². The highest BCUT2D eigenvalue weighted by Crippen LogP contribution is 2.73. The molecule has 0 heteroatoms. The van der Waals surface area contributed by atoms with Crippen molar-refractivity contribution in [3.63, 3.8) is 0 Å². The third-order valence-corrected chi connectivity index (χ3v) is 9.48. The Morgan fingerprint density at radius 3 is 2.38 bits per heavy atom. The molecule has 11 atom stereocenters. The van der Waals surface area contributed by atoms with Gasteiger partial charge in [0, 0.05) is 0 Å². The highest BCUT2D eigenvalue weighted by atomic mass is 14.7. The first-order chi connectivity index (χ1) is 10.4. The molecule has 5 fully saturated rings. The zero-order chi connectivity index (χ0) is 13.7. The van der Waals surface area contributed by atoms with Gasteiger partial charge in [-0.2, -0.15) is 0 Å². The zero-order valence-electron chi connectivity index (χ0n) is 13.5. The summed E-state index contributed by atoms with van der Waals surface area (Å²) in [7, 11) is 0. The molecule has 114 valence electrons. The molecule has 0 spiro atoms. The summed E-state index contributed by atoms with van der Waals surface area (Å²) in [5.74, 6) is 12.4. The zero-order valence-corrected chi connectivity index (χ0v) is 13.5. The highest BCUT2D eigenvalue weighted by molar-refractivity contribution is 5.22. The Balaban J connectivity index is 1.37. The lowest BCUT2D eigenvalue weighted by Crippen LogP contribution is -2.41. The topological polar surface area (TPSA) is 0 Å². The molecule has 6 rings (SSSR count). The lowest BCUT2D eigenvalue weighted by molar-refractivity contribution is 0.0183. The minimum atomic E-state index is 1.01. The van der Waals surface area contributed by atoms with E-state index in [2.05, 4.69) is 19.1 Å². The van der Waals surface area contributed by atoms with Crippen LogP contribution in [0.25, 0.3) is 0 Å². The summed E-state index contributed by atoms with van der Waals surface area (Å²) in [5, 5.41) is 0. The van der Waals surface area contributed by atoms with Crippen molar-refractivity contribution in [1.82, 2.24) is 0 Å². The van der Waals surface area contributed by atoms with Gasteiger partial charge < -0.3 is 0 Å². The predicted molar refractivity (Wildman–Crippen MR) is 85.5 cm³/mol. The van der Waals surface area contributed by atoms with Gasteiger partial charge in [-0.1, -0.05) is 38.3 Å². The minimum absolute atomic E-state index is 1.01. The van der Waals surface area contributed by atoms with Crippen LogP contribution in [0.3, 0.4) is 0 Å². The molecular weight excluding hydrogens is 252 g/mol. The van der Waals surface area contributed by atoms with Crippen LogP contribution in [0.4, 0.5) is 0 Å². The number of hydrogen-bond acceptors (Lipinski definition) is 0. The van der Waals surface area contributed by atoms with E-state index in [9.17, 15) is 0 Å². The summed E-state index contributed by atoms with van der Waals surface area (Å²) in [6.07, 6.45) is 16.3. The number of rotatable bonds is 1. The molecule has 21 heavy (non-hydrogen) atoms. The molecule has 0 radical (unpaired) electrons. The smallest absolute Gasteiger partial charge is 0.0194 e. The second-order valence-electron chi connectivity index (χ2n) is 9.57. The van der Waals surface area contributed by atoms with Gasteiger partial charge in [-0.25, -0.2) is 0 Å². The van der Waals surface area contributed by atoms with Gasteiger partial charge in [0.05, 0.1) is 0 Å². The first-order valence-electron chi connectivity index (χ1n) is 10.0. The fraction of sp³-hybridized carbons (Fsp3) is 0.905. The van der Waals surface area contributed by atoms with Crippen molar-refractivity contribution in [2.45, 2.75) is 51.9 Å². The highest BCUT2D eigenvalue weighted by Gasteiger charge is 2.67. The van der Waals surface area contributed by atoms with Crippen molar-refractivity contribution in [3.05, 3.63) is 12.2 Å². The van der Waals surface area contributed by atoms with Crippen molar-refractivity contribution in [2.24, 2.45) is 65.1 Å². The Hall–Kier alpha value is -0.260. The van der Waals surface area contributed by atoms with E-state index in [1.807, 2.05) is 0 Å². The maximum Gasteiger partial charge on any atom is -0.0194 e. The van der Waals surface area contributed by atoms with Gasteiger partial charge in [-0.15, -0.1) is 0 Å². The number of allylic oxidation sites excluding steroid dienone is 2. The summed E-state index contributed by atoms with van der Waals surface area (Å²) < 4.78 is 0. The van der Waals surface area contributed by atoms with Crippen LogP contribution < -0.4 is 0 Å². The number of hydrogen-bond donors (Lipinski definition) is 0. The van der Waals surface area contributed by atoms with Crippen molar-refractivity contribution >= 4 is 0 Å². The third-order valence-electron chi connectivity index (χ3n) is 9.48. The Morgan fingerprint density at radius 1 is 0.714 bits per heavy atom. The van der Waals surface area contributed by atoms with E-state index in [1.54, 1.807) is 38.5 Å². The van der Waals surface area contributed by atoms with E-state index >= 15 is 0 Å². The van der Waals surface area contributed by atoms with E-state index in [4.69, 9.17) is 0 Å². The monoisotopic (exact) mass is 282 g/mol. The Kier molecular flexibility index (Phi) is 2.31. The average Bonchev–Trinajstić information content (AvgIpc) is 3.26. The fourth-order valence-electron chi connectivity index (χ4n) is 9.23. The van der Waals surface area contributed by atoms with Crippen LogP contribution >= 0.6 is 0 Å². The van der Waals surface area contributed by atoms with Gasteiger partial charge in [-0.05, 0) is 90.8 Å². The molecule has 0 saturated heterocycles. The summed E-state index contributed by atoms with van der Waals surface area (Å²) in [4.78, 5) is 0. The van der Waals surface area contributed by atoms with Crippen LogP contribution in [0, 0.1) is 65.1 Å². The molecule has 0 aromatic rings. The molecule has 0 nitrogen and oxygen atoms in total. The average molecular weight is 282 g/mol. The van der Waals surface area contributed by atoms with Crippen LogP contribution in [0.5, 0.6) is 0 Å². The molecule has 0 heterocycles. The quantitative estimate of drug-likeness (QED) is 0.583. The van der Waals surface area contributed by atoms with Crippen molar-refractivity contribution in [2.75, 3.05) is 0 Å². The van der Waals surface area contributed by atoms with E-state index in [1.165, 1.54) is 36.0 Å².